The minimum atomic E-state index is -0.344. The van der Waals surface area contributed by atoms with E-state index in [1.807, 2.05) is 27.0 Å². The number of hydrogen-bond acceptors (Lipinski definition) is 5. The van der Waals surface area contributed by atoms with Gasteiger partial charge in [-0.3, -0.25) is 4.68 Å². The van der Waals surface area contributed by atoms with Crippen molar-refractivity contribution in [1.82, 2.24) is 15.1 Å². The number of thiocarbonyl (C=S) groups is 1. The molecule has 0 spiro atoms. The molecule has 2 N–H and O–H groups in total. The fourth-order valence-electron chi connectivity index (χ4n) is 2.30. The van der Waals surface area contributed by atoms with Gasteiger partial charge in [-0.25, -0.2) is 4.79 Å². The standard InChI is InChI=1S/C15H20N4O2S2/c1-5-11-9(2)23-13(12(11)14(20)21-4)18-15(22)16-8-10-6-7-17-19(10)3/h6-7H,5,8H2,1-4H3,(H2,16,18,22). The molecule has 0 aliphatic heterocycles. The summed E-state index contributed by atoms with van der Waals surface area (Å²) in [5.74, 6) is -0.344. The van der Waals surface area contributed by atoms with Crippen molar-refractivity contribution in [3.63, 3.8) is 0 Å². The van der Waals surface area contributed by atoms with E-state index in [1.165, 1.54) is 18.4 Å². The summed E-state index contributed by atoms with van der Waals surface area (Å²) in [6, 6.07) is 1.92. The summed E-state index contributed by atoms with van der Waals surface area (Å²) in [6.45, 7) is 4.57. The van der Waals surface area contributed by atoms with Gasteiger partial charge in [0.15, 0.2) is 5.11 Å². The predicted molar refractivity (Wildman–Crippen MR) is 96.0 cm³/mol. The Kier molecular flexibility index (Phi) is 5.73. The number of carbonyl (C=O) groups is 1. The number of nitrogens with one attached hydrogen (secondary N) is 2. The maximum Gasteiger partial charge on any atom is 0.341 e. The Bertz CT molecular complexity index is 721. The first-order valence-corrected chi connectivity index (χ1v) is 8.42. The molecule has 2 aromatic rings. The lowest BCUT2D eigenvalue weighted by Crippen LogP contribution is -2.29. The van der Waals surface area contributed by atoms with Crippen LogP contribution in [0.4, 0.5) is 5.00 Å². The summed E-state index contributed by atoms with van der Waals surface area (Å²) < 4.78 is 6.68. The van der Waals surface area contributed by atoms with Crippen LogP contribution in [0.3, 0.4) is 0 Å². The Morgan fingerprint density at radius 2 is 2.26 bits per heavy atom. The highest BCUT2D eigenvalue weighted by Gasteiger charge is 2.22. The number of esters is 1. The van der Waals surface area contributed by atoms with Gasteiger partial charge in [0.25, 0.3) is 0 Å². The van der Waals surface area contributed by atoms with Gasteiger partial charge in [0.2, 0.25) is 0 Å². The van der Waals surface area contributed by atoms with E-state index in [-0.39, 0.29) is 5.97 Å². The van der Waals surface area contributed by atoms with E-state index >= 15 is 0 Å². The molecule has 8 heteroatoms. The number of aromatic nitrogens is 2. The van der Waals surface area contributed by atoms with Crippen molar-refractivity contribution in [3.05, 3.63) is 34.0 Å². The number of methoxy groups -OCH3 is 1. The molecule has 0 aliphatic rings. The van der Waals surface area contributed by atoms with E-state index in [0.717, 1.165) is 22.6 Å². The summed E-state index contributed by atoms with van der Waals surface area (Å²) in [6.07, 6.45) is 2.50. The number of hydrogen-bond donors (Lipinski definition) is 2. The molecule has 124 valence electrons. The highest BCUT2D eigenvalue weighted by molar-refractivity contribution is 7.80. The summed E-state index contributed by atoms with van der Waals surface area (Å²) in [7, 11) is 3.26. The summed E-state index contributed by atoms with van der Waals surface area (Å²) in [4.78, 5) is 13.2. The third kappa shape index (κ3) is 3.89. The Labute approximate surface area is 144 Å². The molecular weight excluding hydrogens is 332 g/mol. The molecule has 0 aromatic carbocycles. The quantitative estimate of drug-likeness (QED) is 0.637. The molecule has 0 aliphatic carbocycles. The average molecular weight is 352 g/mol. The first-order valence-electron chi connectivity index (χ1n) is 7.20. The molecular formula is C15H20N4O2S2. The molecule has 0 amide bonds. The maximum atomic E-state index is 12.1. The second kappa shape index (κ2) is 7.56. The number of thiophene rings is 1. The van der Waals surface area contributed by atoms with Crippen LogP contribution in [0, 0.1) is 6.92 Å². The summed E-state index contributed by atoms with van der Waals surface area (Å²) in [5.41, 5.74) is 2.58. The molecule has 0 fully saturated rings. The molecule has 0 unspecified atom stereocenters. The Hall–Kier alpha value is -1.93. The molecule has 2 rings (SSSR count). The number of rotatable bonds is 5. The van der Waals surface area contributed by atoms with Gasteiger partial charge in [0, 0.05) is 18.1 Å². The Balaban J connectivity index is 2.11. The van der Waals surface area contributed by atoms with Gasteiger partial charge in [-0.1, -0.05) is 6.92 Å². The van der Waals surface area contributed by atoms with Crippen molar-refractivity contribution in [3.8, 4) is 0 Å². The van der Waals surface area contributed by atoms with Crippen molar-refractivity contribution < 1.29 is 9.53 Å². The highest BCUT2D eigenvalue weighted by Crippen LogP contribution is 2.33. The molecule has 0 radical (unpaired) electrons. The SMILES string of the molecule is CCc1c(C)sc(NC(=S)NCc2ccnn2C)c1C(=O)OC. The van der Waals surface area contributed by atoms with Crippen molar-refractivity contribution >= 4 is 39.6 Å². The van der Waals surface area contributed by atoms with Crippen LogP contribution < -0.4 is 10.6 Å². The number of anilines is 1. The topological polar surface area (TPSA) is 68.2 Å². The normalized spacial score (nSPS) is 10.4. The van der Waals surface area contributed by atoms with Crippen LogP contribution in [-0.2, 0) is 24.8 Å². The van der Waals surface area contributed by atoms with Crippen LogP contribution >= 0.6 is 23.6 Å². The van der Waals surface area contributed by atoms with Crippen molar-refractivity contribution in [1.29, 1.82) is 0 Å². The van der Waals surface area contributed by atoms with Crippen molar-refractivity contribution in [2.24, 2.45) is 7.05 Å². The van der Waals surface area contributed by atoms with Gasteiger partial charge >= 0.3 is 5.97 Å². The molecule has 2 heterocycles. The minimum Gasteiger partial charge on any atom is -0.465 e. The van der Waals surface area contributed by atoms with Crippen molar-refractivity contribution in [2.45, 2.75) is 26.8 Å². The largest absolute Gasteiger partial charge is 0.465 e. The van der Waals surface area contributed by atoms with E-state index in [1.54, 1.807) is 10.9 Å². The third-order valence-corrected chi connectivity index (χ3v) is 4.84. The number of ether oxygens (including phenoxy) is 1. The molecule has 0 atom stereocenters. The fourth-order valence-corrected chi connectivity index (χ4v) is 3.68. The summed E-state index contributed by atoms with van der Waals surface area (Å²) >= 11 is 6.83. The first kappa shape index (κ1) is 17.4. The van der Waals surface area contributed by atoms with E-state index in [4.69, 9.17) is 17.0 Å². The summed E-state index contributed by atoms with van der Waals surface area (Å²) in [5, 5.41) is 11.5. The Morgan fingerprint density at radius 3 is 2.83 bits per heavy atom. The zero-order chi connectivity index (χ0) is 17.0. The van der Waals surface area contributed by atoms with E-state index in [9.17, 15) is 4.79 Å². The Morgan fingerprint density at radius 1 is 1.52 bits per heavy atom. The number of carbonyl (C=O) groups excluding carboxylic acids is 1. The van der Waals surface area contributed by atoms with Crippen LogP contribution in [0.5, 0.6) is 0 Å². The number of aryl methyl sites for hydroxylation is 2. The van der Waals surface area contributed by atoms with Gasteiger partial charge in [-0.2, -0.15) is 5.10 Å². The molecule has 0 saturated carbocycles. The molecule has 0 saturated heterocycles. The van der Waals surface area contributed by atoms with Crippen LogP contribution in [-0.4, -0.2) is 28.0 Å². The predicted octanol–water partition coefficient (Wildman–Crippen LogP) is 2.63. The van der Waals surface area contributed by atoms with Gasteiger partial charge < -0.3 is 15.4 Å². The van der Waals surface area contributed by atoms with Gasteiger partial charge in [0.1, 0.15) is 5.00 Å². The van der Waals surface area contributed by atoms with E-state index in [2.05, 4.69) is 15.7 Å². The second-order valence-electron chi connectivity index (χ2n) is 4.94. The minimum absolute atomic E-state index is 0.344. The maximum absolute atomic E-state index is 12.1. The van der Waals surface area contributed by atoms with Gasteiger partial charge in [0.05, 0.1) is 24.9 Å². The van der Waals surface area contributed by atoms with Gasteiger partial charge in [-0.15, -0.1) is 11.3 Å². The second-order valence-corrected chi connectivity index (χ2v) is 6.57. The first-order chi connectivity index (χ1) is 11.0. The van der Waals surface area contributed by atoms with Crippen LogP contribution in [0.2, 0.25) is 0 Å². The lowest BCUT2D eigenvalue weighted by molar-refractivity contribution is 0.0601. The monoisotopic (exact) mass is 352 g/mol. The van der Waals surface area contributed by atoms with E-state index in [0.29, 0.717) is 22.2 Å². The highest BCUT2D eigenvalue weighted by atomic mass is 32.1. The zero-order valence-corrected chi connectivity index (χ0v) is 15.2. The molecule has 0 bridgehead atoms. The van der Waals surface area contributed by atoms with Crippen molar-refractivity contribution in [2.75, 3.05) is 12.4 Å². The van der Waals surface area contributed by atoms with Crippen LogP contribution in [0.15, 0.2) is 12.3 Å². The smallest absolute Gasteiger partial charge is 0.341 e. The zero-order valence-electron chi connectivity index (χ0n) is 13.6. The molecule has 2 aromatic heterocycles. The fraction of sp³-hybridized carbons (Fsp3) is 0.400. The molecule has 6 nitrogen and oxygen atoms in total. The number of nitrogens with zero attached hydrogens (tertiary/aromatic N) is 2. The van der Waals surface area contributed by atoms with E-state index < -0.39 is 0 Å². The van der Waals surface area contributed by atoms with Gasteiger partial charge in [-0.05, 0) is 37.2 Å². The van der Waals surface area contributed by atoms with Crippen LogP contribution in [0.25, 0.3) is 0 Å². The average Bonchev–Trinajstić information content (AvgIpc) is 3.07. The lowest BCUT2D eigenvalue weighted by atomic mass is 10.1. The van der Waals surface area contributed by atoms with Crippen LogP contribution in [0.1, 0.15) is 33.4 Å². The third-order valence-electron chi connectivity index (χ3n) is 3.53. The molecule has 23 heavy (non-hydrogen) atoms. The lowest BCUT2D eigenvalue weighted by Gasteiger charge is -2.11.